The topological polar surface area (TPSA) is 75.2 Å². The van der Waals surface area contributed by atoms with E-state index in [2.05, 4.69) is 19.6 Å². The number of hydrogen-bond donors (Lipinski definition) is 1. The molecule has 0 saturated carbocycles. The Bertz CT molecular complexity index is 754. The number of rotatable bonds is 5. The van der Waals surface area contributed by atoms with E-state index in [0.717, 1.165) is 24.6 Å². The lowest BCUT2D eigenvalue weighted by molar-refractivity contribution is 0.569. The molecule has 1 aliphatic rings. The van der Waals surface area contributed by atoms with Crippen molar-refractivity contribution in [2.75, 3.05) is 18.0 Å². The number of aromatic nitrogens is 2. The molecular formula is C15H20N4O2S2. The number of nitrogens with zero attached hydrogens (tertiary/aromatic N) is 3. The van der Waals surface area contributed by atoms with E-state index in [1.165, 1.54) is 30.6 Å². The summed E-state index contributed by atoms with van der Waals surface area (Å²) in [4.78, 5) is 11.1. The van der Waals surface area contributed by atoms with Gasteiger partial charge in [-0.05, 0) is 37.6 Å². The van der Waals surface area contributed by atoms with Crippen LogP contribution in [0.3, 0.4) is 0 Å². The van der Waals surface area contributed by atoms with E-state index in [0.29, 0.717) is 10.0 Å². The van der Waals surface area contributed by atoms with E-state index < -0.39 is 10.0 Å². The van der Waals surface area contributed by atoms with Crippen molar-refractivity contribution >= 4 is 27.2 Å². The number of thiophene rings is 1. The highest BCUT2D eigenvalue weighted by molar-refractivity contribution is 7.91. The Hall–Kier alpha value is -1.51. The predicted molar refractivity (Wildman–Crippen MR) is 91.2 cm³/mol. The van der Waals surface area contributed by atoms with Crippen molar-refractivity contribution in [2.24, 2.45) is 0 Å². The molecule has 0 radical (unpaired) electrons. The second-order valence-corrected chi connectivity index (χ2v) is 8.53. The maximum atomic E-state index is 12.2. The second kappa shape index (κ2) is 6.94. The van der Waals surface area contributed by atoms with Gasteiger partial charge in [0.1, 0.15) is 15.9 Å². The molecule has 1 aliphatic heterocycles. The fourth-order valence-electron chi connectivity index (χ4n) is 2.62. The van der Waals surface area contributed by atoms with Crippen molar-refractivity contribution < 1.29 is 8.42 Å². The first-order valence-corrected chi connectivity index (χ1v) is 10.0. The lowest BCUT2D eigenvalue weighted by atomic mass is 10.1. The van der Waals surface area contributed by atoms with Gasteiger partial charge in [0.05, 0.1) is 6.54 Å². The molecule has 0 aliphatic carbocycles. The summed E-state index contributed by atoms with van der Waals surface area (Å²) in [6, 6.07) is 5.27. The molecule has 1 fully saturated rings. The van der Waals surface area contributed by atoms with Crippen LogP contribution in [0.25, 0.3) is 0 Å². The highest BCUT2D eigenvalue weighted by Gasteiger charge is 2.17. The van der Waals surface area contributed by atoms with E-state index >= 15 is 0 Å². The molecule has 1 N–H and O–H groups in total. The van der Waals surface area contributed by atoms with Crippen molar-refractivity contribution in [2.45, 2.75) is 36.9 Å². The van der Waals surface area contributed by atoms with E-state index in [4.69, 9.17) is 0 Å². The van der Waals surface area contributed by atoms with E-state index in [9.17, 15) is 8.42 Å². The normalized spacial score (nSPS) is 15.8. The second-order valence-electron chi connectivity index (χ2n) is 5.59. The first-order chi connectivity index (χ1) is 11.0. The Morgan fingerprint density at radius 1 is 1.26 bits per heavy atom. The summed E-state index contributed by atoms with van der Waals surface area (Å²) in [5.74, 6) is 1.40. The molecule has 2 aromatic rings. The third-order valence-electron chi connectivity index (χ3n) is 3.75. The minimum atomic E-state index is -3.49. The molecule has 0 bridgehead atoms. The maximum Gasteiger partial charge on any atom is 0.250 e. The summed E-state index contributed by atoms with van der Waals surface area (Å²) in [7, 11) is -3.49. The van der Waals surface area contributed by atoms with Gasteiger partial charge in [0.25, 0.3) is 0 Å². The molecule has 2 aromatic heterocycles. The zero-order valence-corrected chi connectivity index (χ0v) is 14.7. The zero-order valence-electron chi connectivity index (χ0n) is 13.0. The van der Waals surface area contributed by atoms with Gasteiger partial charge in [-0.1, -0.05) is 6.07 Å². The number of piperidine rings is 1. The zero-order chi connectivity index (χ0) is 16.3. The molecule has 1 saturated heterocycles. The number of anilines is 1. The van der Waals surface area contributed by atoms with Gasteiger partial charge in [0.15, 0.2) is 0 Å². The quantitative estimate of drug-likeness (QED) is 0.894. The van der Waals surface area contributed by atoms with Crippen molar-refractivity contribution in [1.82, 2.24) is 14.7 Å². The van der Waals surface area contributed by atoms with Crippen molar-refractivity contribution in [1.29, 1.82) is 0 Å². The van der Waals surface area contributed by atoms with Crippen LogP contribution < -0.4 is 9.62 Å². The van der Waals surface area contributed by atoms with Crippen LogP contribution in [0, 0.1) is 6.92 Å². The van der Waals surface area contributed by atoms with Crippen LogP contribution in [-0.4, -0.2) is 31.5 Å². The summed E-state index contributed by atoms with van der Waals surface area (Å²) in [5.41, 5.74) is 0.853. The Balaban J connectivity index is 1.74. The van der Waals surface area contributed by atoms with Gasteiger partial charge >= 0.3 is 0 Å². The smallest absolute Gasteiger partial charge is 0.250 e. The molecule has 23 heavy (non-hydrogen) atoms. The molecule has 3 heterocycles. The van der Waals surface area contributed by atoms with Crippen LogP contribution in [0.4, 0.5) is 5.82 Å². The Labute approximate surface area is 140 Å². The van der Waals surface area contributed by atoms with Gasteiger partial charge in [-0.3, -0.25) is 0 Å². The molecule has 0 amide bonds. The van der Waals surface area contributed by atoms with Crippen molar-refractivity contribution in [3.8, 4) is 0 Å². The van der Waals surface area contributed by atoms with Crippen LogP contribution in [-0.2, 0) is 16.6 Å². The van der Waals surface area contributed by atoms with Crippen LogP contribution in [0.5, 0.6) is 0 Å². The predicted octanol–water partition coefficient (Wildman–Crippen LogP) is 2.32. The van der Waals surface area contributed by atoms with Crippen molar-refractivity contribution in [3.63, 3.8) is 0 Å². The average molecular weight is 352 g/mol. The third kappa shape index (κ3) is 4.07. The first-order valence-electron chi connectivity index (χ1n) is 7.67. The Morgan fingerprint density at radius 3 is 2.74 bits per heavy atom. The molecule has 3 rings (SSSR count). The van der Waals surface area contributed by atoms with Crippen LogP contribution in [0.2, 0.25) is 0 Å². The fraction of sp³-hybridized carbons (Fsp3) is 0.467. The summed E-state index contributed by atoms with van der Waals surface area (Å²) in [6.07, 6.45) is 3.60. The third-order valence-corrected chi connectivity index (χ3v) is 6.55. The number of aryl methyl sites for hydroxylation is 1. The summed E-state index contributed by atoms with van der Waals surface area (Å²) in [5, 5.41) is 1.74. The van der Waals surface area contributed by atoms with Gasteiger partial charge in [0.2, 0.25) is 10.0 Å². The summed E-state index contributed by atoms with van der Waals surface area (Å²) >= 11 is 1.19. The number of hydrogen-bond acceptors (Lipinski definition) is 6. The Morgan fingerprint density at radius 2 is 2.04 bits per heavy atom. The highest BCUT2D eigenvalue weighted by atomic mass is 32.2. The lowest BCUT2D eigenvalue weighted by Gasteiger charge is -2.28. The molecule has 0 aromatic carbocycles. The minimum Gasteiger partial charge on any atom is -0.357 e. The average Bonchev–Trinajstić information content (AvgIpc) is 3.09. The minimum absolute atomic E-state index is 0.1000. The van der Waals surface area contributed by atoms with Crippen LogP contribution in [0.1, 0.15) is 30.8 Å². The van der Waals surface area contributed by atoms with Crippen LogP contribution in [0.15, 0.2) is 27.8 Å². The monoisotopic (exact) mass is 352 g/mol. The molecule has 6 nitrogen and oxygen atoms in total. The van der Waals surface area contributed by atoms with Crippen molar-refractivity contribution in [3.05, 3.63) is 35.1 Å². The van der Waals surface area contributed by atoms with Gasteiger partial charge in [0, 0.05) is 24.8 Å². The van der Waals surface area contributed by atoms with Gasteiger partial charge in [-0.2, -0.15) is 0 Å². The molecule has 0 atom stereocenters. The van der Waals surface area contributed by atoms with E-state index in [1.54, 1.807) is 17.5 Å². The first kappa shape index (κ1) is 16.4. The van der Waals surface area contributed by atoms with Gasteiger partial charge in [-0.25, -0.2) is 23.1 Å². The molecule has 124 valence electrons. The molecule has 0 unspecified atom stereocenters. The summed E-state index contributed by atoms with van der Waals surface area (Å²) in [6.45, 7) is 4.00. The SMILES string of the molecule is Cc1cc(N2CCCCC2)nc(CNS(=O)(=O)c2cccs2)n1. The highest BCUT2D eigenvalue weighted by Crippen LogP contribution is 2.19. The molecule has 0 spiro atoms. The van der Waals surface area contributed by atoms with E-state index in [1.807, 2.05) is 13.0 Å². The fourth-order valence-corrected chi connectivity index (χ4v) is 4.64. The number of nitrogens with one attached hydrogen (secondary N) is 1. The number of sulfonamides is 1. The van der Waals surface area contributed by atoms with Gasteiger partial charge < -0.3 is 4.90 Å². The lowest BCUT2D eigenvalue weighted by Crippen LogP contribution is -2.31. The molecular weight excluding hydrogens is 332 g/mol. The van der Waals surface area contributed by atoms with Gasteiger partial charge in [-0.15, -0.1) is 11.3 Å². The largest absolute Gasteiger partial charge is 0.357 e. The Kier molecular flexibility index (Phi) is 4.93. The molecule has 8 heteroatoms. The maximum absolute atomic E-state index is 12.2. The standard InChI is InChI=1S/C15H20N4O2S2/c1-12-10-14(19-7-3-2-4-8-19)18-13(17-12)11-16-23(20,21)15-6-5-9-22-15/h5-6,9-10,16H,2-4,7-8,11H2,1H3. The van der Waals surface area contributed by atoms with E-state index in [-0.39, 0.29) is 6.54 Å². The van der Waals surface area contributed by atoms with Crippen LogP contribution >= 0.6 is 11.3 Å². The summed E-state index contributed by atoms with van der Waals surface area (Å²) < 4.78 is 27.2.